The molecule has 2 N–H and O–H groups in total. The van der Waals surface area contributed by atoms with Crippen LogP contribution in [-0.4, -0.2) is 50.9 Å². The fraction of sp³-hybridized carbons (Fsp3) is 0.750. The average molecular weight is 265 g/mol. The molecule has 2 aliphatic rings. The molecule has 1 aromatic heterocycles. The van der Waals surface area contributed by atoms with Gasteiger partial charge in [-0.2, -0.15) is 0 Å². The summed E-state index contributed by atoms with van der Waals surface area (Å²) in [5.41, 5.74) is 5.34. The minimum absolute atomic E-state index is 0.296. The van der Waals surface area contributed by atoms with Gasteiger partial charge in [0.1, 0.15) is 17.7 Å². The van der Waals surface area contributed by atoms with Gasteiger partial charge in [0.2, 0.25) is 0 Å². The Labute approximate surface area is 111 Å². The second-order valence-corrected chi connectivity index (χ2v) is 5.46. The number of nitrogens with zero attached hydrogens (tertiary/aromatic N) is 4. The number of methoxy groups -OCH3 is 1. The number of esters is 1. The van der Waals surface area contributed by atoms with Crippen molar-refractivity contribution in [3.63, 3.8) is 0 Å². The van der Waals surface area contributed by atoms with Crippen molar-refractivity contribution < 1.29 is 9.53 Å². The Balaban J connectivity index is 1.68. The molecule has 1 aromatic rings. The van der Waals surface area contributed by atoms with Gasteiger partial charge in [-0.3, -0.25) is 9.69 Å². The summed E-state index contributed by atoms with van der Waals surface area (Å²) < 4.78 is 6.88. The quantitative estimate of drug-likeness (QED) is 0.727. The van der Waals surface area contributed by atoms with Gasteiger partial charge in [0.25, 0.3) is 0 Å². The molecular formula is C12H19N5O2. The molecule has 2 heterocycles. The number of ether oxygens (including phenoxy) is 1. The zero-order chi connectivity index (χ0) is 13.5. The minimum Gasteiger partial charge on any atom is -0.468 e. The fourth-order valence-electron chi connectivity index (χ4n) is 3.15. The predicted molar refractivity (Wildman–Crippen MR) is 67.0 cm³/mol. The lowest BCUT2D eigenvalue weighted by molar-refractivity contribution is -0.147. The third kappa shape index (κ3) is 2.12. The summed E-state index contributed by atoms with van der Waals surface area (Å²) in [4.78, 5) is 14.1. The zero-order valence-electron chi connectivity index (χ0n) is 11.1. The van der Waals surface area contributed by atoms with Gasteiger partial charge in [0.05, 0.1) is 13.7 Å². The third-order valence-electron chi connectivity index (χ3n) is 4.30. The molecule has 0 spiro atoms. The normalized spacial score (nSPS) is 31.2. The second-order valence-electron chi connectivity index (χ2n) is 5.46. The monoisotopic (exact) mass is 265 g/mol. The van der Waals surface area contributed by atoms with Crippen LogP contribution in [0.25, 0.3) is 0 Å². The summed E-state index contributed by atoms with van der Waals surface area (Å²) in [5.74, 6) is 0.689. The van der Waals surface area contributed by atoms with Crippen LogP contribution in [0, 0.1) is 0 Å². The van der Waals surface area contributed by atoms with E-state index in [0.717, 1.165) is 31.9 Å². The number of nitrogens with two attached hydrogens (primary N) is 1. The number of carbonyl (C=O) groups excluding carboxylic acids is 1. The molecule has 0 radical (unpaired) electrons. The Morgan fingerprint density at radius 1 is 1.58 bits per heavy atom. The van der Waals surface area contributed by atoms with E-state index in [9.17, 15) is 4.79 Å². The fourth-order valence-corrected chi connectivity index (χ4v) is 3.15. The second kappa shape index (κ2) is 4.57. The van der Waals surface area contributed by atoms with E-state index in [0.29, 0.717) is 18.9 Å². The first-order chi connectivity index (χ1) is 9.12. The molecule has 1 fully saturated rings. The van der Waals surface area contributed by atoms with Crippen molar-refractivity contribution in [1.29, 1.82) is 0 Å². The summed E-state index contributed by atoms with van der Waals surface area (Å²) >= 11 is 0. The highest BCUT2D eigenvalue weighted by atomic mass is 16.5. The number of hydrogen-bond acceptors (Lipinski definition) is 6. The molecule has 104 valence electrons. The van der Waals surface area contributed by atoms with Crippen LogP contribution in [0.5, 0.6) is 0 Å². The lowest BCUT2D eigenvalue weighted by Crippen LogP contribution is -2.48. The van der Waals surface area contributed by atoms with Gasteiger partial charge >= 0.3 is 5.97 Å². The topological polar surface area (TPSA) is 86.3 Å². The Kier molecular flexibility index (Phi) is 3.02. The molecule has 0 aromatic carbocycles. The van der Waals surface area contributed by atoms with Crippen LogP contribution in [0.15, 0.2) is 6.33 Å². The van der Waals surface area contributed by atoms with E-state index >= 15 is 0 Å². The smallest absolute Gasteiger partial charge is 0.325 e. The van der Waals surface area contributed by atoms with Crippen LogP contribution in [0.4, 0.5) is 0 Å². The summed E-state index contributed by atoms with van der Waals surface area (Å²) in [6, 6.07) is 0.328. The van der Waals surface area contributed by atoms with Crippen molar-refractivity contribution in [2.45, 2.75) is 43.9 Å². The van der Waals surface area contributed by atoms with Gasteiger partial charge in [-0.1, -0.05) is 0 Å². The number of hydrogen-bond donors (Lipinski definition) is 1. The number of aromatic nitrogens is 3. The number of carbonyl (C=O) groups is 1. The van der Waals surface area contributed by atoms with Crippen molar-refractivity contribution in [2.75, 3.05) is 13.7 Å². The van der Waals surface area contributed by atoms with Gasteiger partial charge in [-0.25, -0.2) is 0 Å². The SMILES string of the molecule is COC(=O)C1(N)CCC(N2CCn3cnnc3C2)C1. The summed E-state index contributed by atoms with van der Waals surface area (Å²) in [6.07, 6.45) is 4.05. The van der Waals surface area contributed by atoms with Gasteiger partial charge in [-0.05, 0) is 19.3 Å². The standard InChI is InChI=1S/C12H19N5O2/c1-19-11(18)12(13)3-2-9(6-12)16-4-5-17-8-14-15-10(17)7-16/h8-9H,2-7,13H2,1H3. The largest absolute Gasteiger partial charge is 0.468 e. The van der Waals surface area contributed by atoms with Gasteiger partial charge in [0, 0.05) is 19.1 Å². The molecular weight excluding hydrogens is 246 g/mol. The Bertz CT molecular complexity index is 488. The molecule has 1 saturated carbocycles. The highest BCUT2D eigenvalue weighted by Gasteiger charge is 2.45. The molecule has 7 heteroatoms. The van der Waals surface area contributed by atoms with Crippen LogP contribution in [0.3, 0.4) is 0 Å². The van der Waals surface area contributed by atoms with E-state index in [-0.39, 0.29) is 5.97 Å². The molecule has 0 bridgehead atoms. The van der Waals surface area contributed by atoms with Crippen molar-refractivity contribution in [3.8, 4) is 0 Å². The molecule has 3 rings (SSSR count). The first kappa shape index (κ1) is 12.6. The van der Waals surface area contributed by atoms with Gasteiger partial charge < -0.3 is 15.0 Å². The lowest BCUT2D eigenvalue weighted by Gasteiger charge is -2.32. The Hall–Kier alpha value is -1.47. The Morgan fingerprint density at radius 3 is 3.21 bits per heavy atom. The van der Waals surface area contributed by atoms with E-state index < -0.39 is 5.54 Å². The molecule has 2 atom stereocenters. The first-order valence-corrected chi connectivity index (χ1v) is 6.60. The highest BCUT2D eigenvalue weighted by molar-refractivity contribution is 5.81. The van der Waals surface area contributed by atoms with E-state index in [1.54, 1.807) is 6.33 Å². The maximum Gasteiger partial charge on any atom is 0.325 e. The van der Waals surface area contributed by atoms with Crippen LogP contribution >= 0.6 is 0 Å². The maximum absolute atomic E-state index is 11.7. The minimum atomic E-state index is -0.815. The van der Waals surface area contributed by atoms with E-state index in [2.05, 4.69) is 19.7 Å². The van der Waals surface area contributed by atoms with E-state index in [1.165, 1.54) is 7.11 Å². The summed E-state index contributed by atoms with van der Waals surface area (Å²) in [7, 11) is 1.40. The number of rotatable bonds is 2. The van der Waals surface area contributed by atoms with Crippen LogP contribution < -0.4 is 5.73 Å². The summed E-state index contributed by atoms with van der Waals surface area (Å²) in [5, 5.41) is 8.04. The molecule has 19 heavy (non-hydrogen) atoms. The third-order valence-corrected chi connectivity index (χ3v) is 4.30. The van der Waals surface area contributed by atoms with Crippen LogP contribution in [-0.2, 0) is 22.6 Å². The predicted octanol–water partition coefficient (Wildman–Crippen LogP) is -0.483. The zero-order valence-corrected chi connectivity index (χ0v) is 11.1. The van der Waals surface area contributed by atoms with Crippen LogP contribution in [0.1, 0.15) is 25.1 Å². The Morgan fingerprint density at radius 2 is 2.42 bits per heavy atom. The number of fused-ring (bicyclic) bond motifs is 1. The van der Waals surface area contributed by atoms with Crippen molar-refractivity contribution in [1.82, 2.24) is 19.7 Å². The lowest BCUT2D eigenvalue weighted by atomic mass is 9.99. The molecule has 0 amide bonds. The van der Waals surface area contributed by atoms with E-state index in [4.69, 9.17) is 10.5 Å². The molecule has 1 aliphatic carbocycles. The average Bonchev–Trinajstić information content (AvgIpc) is 3.04. The summed E-state index contributed by atoms with van der Waals surface area (Å²) in [6.45, 7) is 2.63. The maximum atomic E-state index is 11.7. The van der Waals surface area contributed by atoms with Crippen molar-refractivity contribution in [3.05, 3.63) is 12.2 Å². The molecule has 2 unspecified atom stereocenters. The van der Waals surface area contributed by atoms with Gasteiger partial charge in [-0.15, -0.1) is 10.2 Å². The molecule has 0 saturated heterocycles. The molecule has 1 aliphatic heterocycles. The van der Waals surface area contributed by atoms with E-state index in [1.807, 2.05) is 0 Å². The van der Waals surface area contributed by atoms with Crippen molar-refractivity contribution >= 4 is 5.97 Å². The van der Waals surface area contributed by atoms with Crippen LogP contribution in [0.2, 0.25) is 0 Å². The highest BCUT2D eigenvalue weighted by Crippen LogP contribution is 2.33. The van der Waals surface area contributed by atoms with Crippen molar-refractivity contribution in [2.24, 2.45) is 5.73 Å². The molecule has 7 nitrogen and oxygen atoms in total. The van der Waals surface area contributed by atoms with Gasteiger partial charge in [0.15, 0.2) is 0 Å². The first-order valence-electron chi connectivity index (χ1n) is 6.60.